The van der Waals surface area contributed by atoms with Crippen molar-refractivity contribution in [1.29, 1.82) is 0 Å². The average Bonchev–Trinajstić information content (AvgIpc) is 2.76. The van der Waals surface area contributed by atoms with Crippen molar-refractivity contribution in [3.05, 3.63) is 58.6 Å². The first-order valence-corrected chi connectivity index (χ1v) is 13.2. The lowest BCUT2D eigenvalue weighted by Crippen LogP contribution is -2.52. The van der Waals surface area contributed by atoms with Crippen LogP contribution in [0.2, 0.25) is 5.02 Å². The van der Waals surface area contributed by atoms with Gasteiger partial charge in [0.2, 0.25) is 21.8 Å². The summed E-state index contributed by atoms with van der Waals surface area (Å²) in [6.07, 6.45) is 1.39. The van der Waals surface area contributed by atoms with Crippen LogP contribution in [0.15, 0.2) is 42.5 Å². The zero-order valence-electron chi connectivity index (χ0n) is 20.2. The van der Waals surface area contributed by atoms with Gasteiger partial charge in [-0.25, -0.2) is 8.42 Å². The van der Waals surface area contributed by atoms with E-state index < -0.39 is 28.5 Å². The number of aryl methyl sites for hydroxylation is 1. The fourth-order valence-corrected chi connectivity index (χ4v) is 4.74. The standard InChI is InChI=1S/C24H32ClN3O5S/c1-6-21(24(30)26-7-2)27(15-18-10-8-9-17(3)13-18)23(29)16-28(34(5,31)32)19-11-12-22(33-4)20(25)14-19/h8-14,21H,6-7,15-16H2,1-5H3,(H,26,30). The molecule has 1 N–H and O–H groups in total. The minimum Gasteiger partial charge on any atom is -0.495 e. The molecule has 2 rings (SSSR count). The number of anilines is 1. The molecule has 10 heteroatoms. The van der Waals surface area contributed by atoms with Gasteiger partial charge in [-0.15, -0.1) is 0 Å². The third kappa shape index (κ3) is 7.11. The number of sulfonamides is 1. The number of hydrogen-bond donors (Lipinski definition) is 1. The van der Waals surface area contributed by atoms with Crippen LogP contribution in [0.1, 0.15) is 31.4 Å². The number of rotatable bonds is 11. The molecule has 0 spiro atoms. The Morgan fingerprint density at radius 3 is 2.38 bits per heavy atom. The highest BCUT2D eigenvalue weighted by Gasteiger charge is 2.31. The van der Waals surface area contributed by atoms with E-state index in [9.17, 15) is 18.0 Å². The van der Waals surface area contributed by atoms with E-state index >= 15 is 0 Å². The van der Waals surface area contributed by atoms with Crippen LogP contribution in [0.5, 0.6) is 5.75 Å². The van der Waals surface area contributed by atoms with Crippen LogP contribution in [0.4, 0.5) is 5.69 Å². The van der Waals surface area contributed by atoms with E-state index in [1.54, 1.807) is 6.92 Å². The predicted octanol–water partition coefficient (Wildman–Crippen LogP) is 3.37. The number of ether oxygens (including phenoxy) is 1. The fraction of sp³-hybridized carbons (Fsp3) is 0.417. The maximum atomic E-state index is 13.6. The molecule has 34 heavy (non-hydrogen) atoms. The Labute approximate surface area is 206 Å². The molecule has 0 bridgehead atoms. The first-order chi connectivity index (χ1) is 16.0. The molecule has 0 aliphatic heterocycles. The molecule has 0 aliphatic carbocycles. The van der Waals surface area contributed by atoms with Crippen molar-refractivity contribution in [2.45, 2.75) is 39.8 Å². The van der Waals surface area contributed by atoms with E-state index in [4.69, 9.17) is 16.3 Å². The zero-order valence-corrected chi connectivity index (χ0v) is 21.7. The number of carbonyl (C=O) groups is 2. The Morgan fingerprint density at radius 1 is 1.15 bits per heavy atom. The van der Waals surface area contributed by atoms with E-state index in [-0.39, 0.29) is 23.2 Å². The normalized spacial score (nSPS) is 12.1. The Balaban J connectivity index is 2.46. The maximum Gasteiger partial charge on any atom is 0.244 e. The number of nitrogens with zero attached hydrogens (tertiary/aromatic N) is 2. The van der Waals surface area contributed by atoms with Crippen LogP contribution in [0.25, 0.3) is 0 Å². The van der Waals surface area contributed by atoms with Gasteiger partial charge in [-0.05, 0) is 44.0 Å². The summed E-state index contributed by atoms with van der Waals surface area (Å²) in [6.45, 7) is 5.65. The largest absolute Gasteiger partial charge is 0.495 e. The fourth-order valence-electron chi connectivity index (χ4n) is 3.64. The van der Waals surface area contributed by atoms with E-state index in [1.165, 1.54) is 30.2 Å². The van der Waals surface area contributed by atoms with Gasteiger partial charge in [0.05, 0.1) is 24.1 Å². The van der Waals surface area contributed by atoms with Crippen molar-refractivity contribution in [3.63, 3.8) is 0 Å². The molecule has 0 aliphatic rings. The van der Waals surface area contributed by atoms with Crippen molar-refractivity contribution in [2.75, 3.05) is 30.8 Å². The molecule has 0 saturated heterocycles. The van der Waals surface area contributed by atoms with Gasteiger partial charge in [-0.3, -0.25) is 13.9 Å². The first-order valence-electron chi connectivity index (χ1n) is 11.0. The molecule has 0 fully saturated rings. The highest BCUT2D eigenvalue weighted by atomic mass is 35.5. The number of benzene rings is 2. The molecule has 0 radical (unpaired) electrons. The minimum atomic E-state index is -3.84. The van der Waals surface area contributed by atoms with E-state index in [0.717, 1.165) is 21.7 Å². The van der Waals surface area contributed by atoms with Crippen LogP contribution in [-0.4, -0.2) is 57.6 Å². The van der Waals surface area contributed by atoms with Gasteiger partial charge >= 0.3 is 0 Å². The highest BCUT2D eigenvalue weighted by molar-refractivity contribution is 7.92. The molecule has 1 unspecified atom stereocenters. The topological polar surface area (TPSA) is 96.0 Å². The average molecular weight is 510 g/mol. The third-order valence-electron chi connectivity index (χ3n) is 5.27. The molecular formula is C24H32ClN3O5S. The molecular weight excluding hydrogens is 478 g/mol. The van der Waals surface area contributed by atoms with E-state index in [2.05, 4.69) is 5.32 Å². The Kier molecular flexibility index (Phi) is 9.76. The van der Waals surface area contributed by atoms with Crippen LogP contribution in [0, 0.1) is 6.92 Å². The van der Waals surface area contributed by atoms with Gasteiger partial charge in [-0.1, -0.05) is 48.4 Å². The summed E-state index contributed by atoms with van der Waals surface area (Å²) in [4.78, 5) is 27.8. The van der Waals surface area contributed by atoms with Crippen molar-refractivity contribution in [2.24, 2.45) is 0 Å². The molecule has 0 aromatic heterocycles. The molecule has 2 amide bonds. The van der Waals surface area contributed by atoms with Crippen molar-refractivity contribution < 1.29 is 22.7 Å². The lowest BCUT2D eigenvalue weighted by molar-refractivity contribution is -0.140. The number of amides is 2. The summed E-state index contributed by atoms with van der Waals surface area (Å²) in [5.74, 6) is -0.407. The van der Waals surface area contributed by atoms with Gasteiger partial charge in [-0.2, -0.15) is 0 Å². The Hall–Kier alpha value is -2.78. The van der Waals surface area contributed by atoms with Crippen molar-refractivity contribution >= 4 is 39.1 Å². The molecule has 0 saturated carbocycles. The number of likely N-dealkylation sites (N-methyl/N-ethyl adjacent to an activating group) is 1. The van der Waals surface area contributed by atoms with Gasteiger partial charge in [0, 0.05) is 13.1 Å². The van der Waals surface area contributed by atoms with Gasteiger partial charge in [0.1, 0.15) is 18.3 Å². The van der Waals surface area contributed by atoms with Gasteiger partial charge < -0.3 is 15.0 Å². The van der Waals surface area contributed by atoms with Crippen LogP contribution < -0.4 is 14.4 Å². The quantitative estimate of drug-likeness (QED) is 0.501. The Morgan fingerprint density at radius 2 is 1.85 bits per heavy atom. The second-order valence-corrected chi connectivity index (χ2v) is 10.2. The number of carbonyl (C=O) groups excluding carboxylic acids is 2. The molecule has 2 aromatic carbocycles. The van der Waals surface area contributed by atoms with Crippen LogP contribution in [-0.2, 0) is 26.2 Å². The van der Waals surface area contributed by atoms with E-state index in [1.807, 2.05) is 38.1 Å². The van der Waals surface area contributed by atoms with Crippen LogP contribution >= 0.6 is 11.6 Å². The number of halogens is 1. The second kappa shape index (κ2) is 12.1. The summed E-state index contributed by atoms with van der Waals surface area (Å²) in [7, 11) is -2.39. The zero-order chi connectivity index (χ0) is 25.5. The van der Waals surface area contributed by atoms with Gasteiger partial charge in [0.25, 0.3) is 0 Å². The SMILES string of the molecule is CCNC(=O)C(CC)N(Cc1cccc(C)c1)C(=O)CN(c1ccc(OC)c(Cl)c1)S(C)(=O)=O. The van der Waals surface area contributed by atoms with Crippen molar-refractivity contribution in [1.82, 2.24) is 10.2 Å². The summed E-state index contributed by atoms with van der Waals surface area (Å²) >= 11 is 6.20. The monoisotopic (exact) mass is 509 g/mol. The predicted molar refractivity (Wildman–Crippen MR) is 135 cm³/mol. The molecule has 186 valence electrons. The lowest BCUT2D eigenvalue weighted by atomic mass is 10.1. The van der Waals surface area contributed by atoms with Crippen molar-refractivity contribution in [3.8, 4) is 5.75 Å². The maximum absolute atomic E-state index is 13.6. The smallest absolute Gasteiger partial charge is 0.244 e. The number of hydrogen-bond acceptors (Lipinski definition) is 5. The molecule has 1 atom stereocenters. The lowest BCUT2D eigenvalue weighted by Gasteiger charge is -2.33. The first kappa shape index (κ1) is 27.5. The summed E-state index contributed by atoms with van der Waals surface area (Å²) in [6, 6.07) is 11.4. The van der Waals surface area contributed by atoms with Gasteiger partial charge in [0.15, 0.2) is 0 Å². The third-order valence-corrected chi connectivity index (χ3v) is 6.71. The van der Waals surface area contributed by atoms with Crippen LogP contribution in [0.3, 0.4) is 0 Å². The highest BCUT2D eigenvalue weighted by Crippen LogP contribution is 2.30. The number of methoxy groups -OCH3 is 1. The minimum absolute atomic E-state index is 0.164. The summed E-state index contributed by atoms with van der Waals surface area (Å²) in [5, 5.41) is 2.98. The Bertz CT molecular complexity index is 1120. The van der Waals surface area contributed by atoms with E-state index in [0.29, 0.717) is 18.7 Å². The molecule has 8 nitrogen and oxygen atoms in total. The molecule has 2 aromatic rings. The summed E-state index contributed by atoms with van der Waals surface area (Å²) < 4.78 is 31.4. The summed E-state index contributed by atoms with van der Waals surface area (Å²) in [5.41, 5.74) is 2.08. The number of nitrogens with one attached hydrogen (secondary N) is 1. The molecule has 0 heterocycles. The second-order valence-electron chi connectivity index (χ2n) is 7.92.